The molecule has 0 N–H and O–H groups in total. The van der Waals surface area contributed by atoms with Crippen LogP contribution in [0.5, 0.6) is 5.75 Å². The fourth-order valence-corrected chi connectivity index (χ4v) is 7.58. The zero-order valence-electron chi connectivity index (χ0n) is 31.7. The van der Waals surface area contributed by atoms with Crippen molar-refractivity contribution in [3.8, 4) is 50.3 Å². The summed E-state index contributed by atoms with van der Waals surface area (Å²) in [5.74, 6) is 1.37. The molecule has 0 heterocycles. The van der Waals surface area contributed by atoms with Crippen LogP contribution in [0.25, 0.3) is 55.3 Å². The molecular weight excluding hydrogens is 693 g/mol. The quantitative estimate of drug-likeness (QED) is 0.109. The highest BCUT2D eigenvalue weighted by Crippen LogP contribution is 2.42. The van der Waals surface area contributed by atoms with Gasteiger partial charge in [0.2, 0.25) is 5.90 Å². The maximum atomic E-state index is 6.41. The molecule has 9 aromatic carbocycles. The maximum absolute atomic E-state index is 6.41. The molecule has 0 saturated carbocycles. The van der Waals surface area contributed by atoms with Crippen LogP contribution in [0.3, 0.4) is 0 Å². The van der Waals surface area contributed by atoms with Crippen molar-refractivity contribution in [2.75, 3.05) is 11.9 Å². The van der Waals surface area contributed by atoms with Gasteiger partial charge in [0.25, 0.3) is 0 Å². The van der Waals surface area contributed by atoms with Crippen molar-refractivity contribution in [2.45, 2.75) is 0 Å². The summed E-state index contributed by atoms with van der Waals surface area (Å²) in [6.07, 6.45) is 0. The minimum Gasteiger partial charge on any atom is -0.438 e. The second kappa shape index (κ2) is 16.1. The second-order valence-corrected chi connectivity index (χ2v) is 13.9. The predicted molar refractivity (Wildman–Crippen MR) is 240 cm³/mol. The van der Waals surface area contributed by atoms with Crippen LogP contribution in [0.1, 0.15) is 5.56 Å². The number of hydrogen-bond donors (Lipinski definition) is 0. The van der Waals surface area contributed by atoms with Crippen LogP contribution < -0.4 is 9.64 Å². The van der Waals surface area contributed by atoms with Crippen LogP contribution in [0, 0.1) is 0 Å². The summed E-state index contributed by atoms with van der Waals surface area (Å²) >= 11 is 0. The molecule has 3 nitrogen and oxygen atoms in total. The molecule has 0 radical (unpaired) electrons. The third-order valence-corrected chi connectivity index (χ3v) is 10.4. The Morgan fingerprint density at radius 2 is 0.807 bits per heavy atom. The Hall–Kier alpha value is -7.49. The van der Waals surface area contributed by atoms with Crippen molar-refractivity contribution in [2.24, 2.45) is 4.99 Å². The van der Waals surface area contributed by atoms with E-state index in [4.69, 9.17) is 4.74 Å². The van der Waals surface area contributed by atoms with Crippen LogP contribution in [0.15, 0.2) is 229 Å². The van der Waals surface area contributed by atoms with Crippen molar-refractivity contribution < 1.29 is 4.74 Å². The molecule has 0 fully saturated rings. The Morgan fingerprint density at radius 3 is 1.42 bits per heavy atom. The van der Waals surface area contributed by atoms with Crippen LogP contribution in [-0.4, -0.2) is 12.9 Å². The summed E-state index contributed by atoms with van der Waals surface area (Å²) in [6, 6.07) is 79.0. The maximum Gasteiger partial charge on any atom is 0.221 e. The number of para-hydroxylation sites is 1. The topological polar surface area (TPSA) is 24.8 Å². The van der Waals surface area contributed by atoms with E-state index in [1.807, 2.05) is 36.4 Å². The van der Waals surface area contributed by atoms with Gasteiger partial charge in [-0.3, -0.25) is 4.99 Å². The smallest absolute Gasteiger partial charge is 0.221 e. The first-order valence-corrected chi connectivity index (χ1v) is 19.3. The van der Waals surface area contributed by atoms with E-state index < -0.39 is 0 Å². The number of ether oxygens (including phenoxy) is 1. The molecule has 3 heteroatoms. The van der Waals surface area contributed by atoms with Gasteiger partial charge >= 0.3 is 0 Å². The predicted octanol–water partition coefficient (Wildman–Crippen LogP) is 14.4. The molecule has 0 bridgehead atoms. The molecule has 0 aliphatic rings. The molecule has 57 heavy (non-hydrogen) atoms. The van der Waals surface area contributed by atoms with Crippen molar-refractivity contribution >= 4 is 33.7 Å². The number of benzene rings is 9. The molecule has 0 saturated heterocycles. The van der Waals surface area contributed by atoms with E-state index in [-0.39, 0.29) is 0 Å². The Labute approximate surface area is 334 Å². The van der Waals surface area contributed by atoms with Gasteiger partial charge in [0.1, 0.15) is 5.75 Å². The van der Waals surface area contributed by atoms with Gasteiger partial charge in [-0.05, 0) is 92.9 Å². The number of aliphatic imine (C=N–C) groups is 1. The van der Waals surface area contributed by atoms with Crippen LogP contribution in [-0.2, 0) is 0 Å². The van der Waals surface area contributed by atoms with Crippen molar-refractivity contribution in [3.63, 3.8) is 0 Å². The number of rotatable bonds is 9. The van der Waals surface area contributed by atoms with Gasteiger partial charge in [-0.1, -0.05) is 176 Å². The SMILES string of the molecule is C/N=C(\Oc1cccc2c(-c3ccc(-c4ccc(N(c5ccc(-c6ccccc6)cc5)c5ccccc5-c5ccccc5)cc4)cc3)cccc12)c1ccccc1. The summed E-state index contributed by atoms with van der Waals surface area (Å²) in [7, 11) is 1.76. The van der Waals surface area contributed by atoms with E-state index in [1.165, 1.54) is 22.3 Å². The van der Waals surface area contributed by atoms with Gasteiger partial charge < -0.3 is 9.64 Å². The summed E-state index contributed by atoms with van der Waals surface area (Å²) < 4.78 is 6.41. The minimum atomic E-state index is 0.591. The lowest BCUT2D eigenvalue weighted by molar-refractivity contribution is 0.558. The Bertz CT molecular complexity index is 2780. The summed E-state index contributed by atoms with van der Waals surface area (Å²) in [6.45, 7) is 0. The standard InChI is InChI=1S/C54H40N2O/c1-55-54(45-19-9-4-10-20-45)57-53-26-14-23-50-48(22-13-24-51(50)53)44-29-27-40(28-30-44)42-33-37-47(38-34-42)56(46-35-31-41(32-36-46)39-15-5-2-6-16-39)52-25-12-11-21-49(52)43-17-7-3-8-18-43/h2-38H,1H3/b55-54-. The van der Waals surface area contributed by atoms with Crippen molar-refractivity contribution in [1.82, 2.24) is 0 Å². The van der Waals surface area contributed by atoms with Crippen LogP contribution in [0.2, 0.25) is 0 Å². The van der Waals surface area contributed by atoms with E-state index in [1.54, 1.807) is 7.05 Å². The van der Waals surface area contributed by atoms with Gasteiger partial charge in [0, 0.05) is 34.9 Å². The number of fused-ring (bicyclic) bond motifs is 1. The van der Waals surface area contributed by atoms with Crippen LogP contribution in [0.4, 0.5) is 17.1 Å². The van der Waals surface area contributed by atoms with E-state index >= 15 is 0 Å². The summed E-state index contributed by atoms with van der Waals surface area (Å²) in [5, 5.41) is 2.17. The number of hydrogen-bond acceptors (Lipinski definition) is 3. The monoisotopic (exact) mass is 732 g/mol. The molecule has 9 aromatic rings. The molecule has 0 spiro atoms. The lowest BCUT2D eigenvalue weighted by Crippen LogP contribution is -2.11. The average Bonchev–Trinajstić information content (AvgIpc) is 3.30. The van der Waals surface area contributed by atoms with Gasteiger partial charge in [-0.25, -0.2) is 0 Å². The molecule has 0 atom stereocenters. The molecule has 0 aliphatic carbocycles. The first-order valence-electron chi connectivity index (χ1n) is 19.3. The largest absolute Gasteiger partial charge is 0.438 e. The van der Waals surface area contributed by atoms with Gasteiger partial charge in [0.05, 0.1) is 5.69 Å². The normalized spacial score (nSPS) is 11.4. The third kappa shape index (κ3) is 7.35. The molecule has 0 aromatic heterocycles. The summed E-state index contributed by atoms with van der Waals surface area (Å²) in [5.41, 5.74) is 13.6. The van der Waals surface area contributed by atoms with E-state index in [2.05, 4.69) is 198 Å². The minimum absolute atomic E-state index is 0.591. The average molecular weight is 733 g/mol. The Kier molecular flexibility index (Phi) is 9.94. The zero-order valence-corrected chi connectivity index (χ0v) is 31.7. The van der Waals surface area contributed by atoms with Crippen LogP contribution >= 0.6 is 0 Å². The highest BCUT2D eigenvalue weighted by molar-refractivity contribution is 6.03. The van der Waals surface area contributed by atoms with E-state index in [9.17, 15) is 0 Å². The number of nitrogens with zero attached hydrogens (tertiary/aromatic N) is 2. The highest BCUT2D eigenvalue weighted by Gasteiger charge is 2.18. The second-order valence-electron chi connectivity index (χ2n) is 13.9. The lowest BCUT2D eigenvalue weighted by Gasteiger charge is -2.28. The molecule has 0 aliphatic heterocycles. The van der Waals surface area contributed by atoms with Gasteiger partial charge in [-0.2, -0.15) is 0 Å². The van der Waals surface area contributed by atoms with Crippen molar-refractivity contribution in [3.05, 3.63) is 230 Å². The Morgan fingerprint density at radius 1 is 0.368 bits per heavy atom. The van der Waals surface area contributed by atoms with E-state index in [0.29, 0.717) is 5.90 Å². The zero-order chi connectivity index (χ0) is 38.4. The fourth-order valence-electron chi connectivity index (χ4n) is 7.58. The first kappa shape index (κ1) is 35.2. The Balaban J connectivity index is 1.03. The molecule has 9 rings (SSSR count). The molecule has 272 valence electrons. The molecule has 0 amide bonds. The van der Waals surface area contributed by atoms with Gasteiger partial charge in [-0.15, -0.1) is 0 Å². The summed E-state index contributed by atoms with van der Waals surface area (Å²) in [4.78, 5) is 6.81. The lowest BCUT2D eigenvalue weighted by atomic mass is 9.95. The van der Waals surface area contributed by atoms with Crippen molar-refractivity contribution in [1.29, 1.82) is 0 Å². The molecular formula is C54H40N2O. The molecule has 0 unspecified atom stereocenters. The first-order chi connectivity index (χ1) is 28.2. The number of anilines is 3. The third-order valence-electron chi connectivity index (χ3n) is 10.4. The fraction of sp³-hybridized carbons (Fsp3) is 0.0185. The van der Waals surface area contributed by atoms with E-state index in [0.717, 1.165) is 61.4 Å². The highest BCUT2D eigenvalue weighted by atomic mass is 16.5. The van der Waals surface area contributed by atoms with Gasteiger partial charge in [0.15, 0.2) is 0 Å².